The van der Waals surface area contributed by atoms with Gasteiger partial charge in [0.15, 0.2) is 0 Å². The number of hydrogen-bond acceptors (Lipinski definition) is 3. The number of para-hydroxylation sites is 2. The van der Waals surface area contributed by atoms with E-state index in [0.717, 1.165) is 8.04 Å². The summed E-state index contributed by atoms with van der Waals surface area (Å²) in [5, 5.41) is 2.83. The van der Waals surface area contributed by atoms with Crippen LogP contribution in [0.2, 0.25) is 0 Å². The van der Waals surface area contributed by atoms with Crippen LogP contribution < -0.4 is 15.8 Å². The average molecular weight is 461 g/mol. The highest BCUT2D eigenvalue weighted by Crippen LogP contribution is 2.20. The minimum atomic E-state index is -0.120. The van der Waals surface area contributed by atoms with E-state index in [1.165, 1.54) is 0 Å². The quantitative estimate of drug-likeness (QED) is 0.408. The van der Waals surface area contributed by atoms with Gasteiger partial charge in [-0.15, -0.1) is 0 Å². The average Bonchev–Trinajstić information content (AvgIpc) is 2.47. The number of carbonyl (C=O) groups excluding carboxylic acids is 1. The molecule has 0 fully saturated rings. The van der Waals surface area contributed by atoms with Crippen molar-refractivity contribution in [2.75, 3.05) is 18.9 Å². The molecule has 0 bridgehead atoms. The summed E-state index contributed by atoms with van der Waals surface area (Å²) in [5.41, 5.74) is 7.00. The lowest BCUT2D eigenvalue weighted by Gasteiger charge is -2.10. The van der Waals surface area contributed by atoms with E-state index in [1.807, 2.05) is 24.3 Å². The first-order chi connectivity index (χ1) is 10.1. The maximum Gasteiger partial charge on any atom is 0.252 e. The standard InChI is InChI=1S/C15H14BrIN2O2/c16-10-5-6-12(17)11(9-10)15(20)19-7-8-21-14-4-2-1-3-13(14)18/h1-6,9H,7-8,18H2,(H,19,20). The maximum atomic E-state index is 12.1. The van der Waals surface area contributed by atoms with Gasteiger partial charge in [-0.1, -0.05) is 28.1 Å². The number of carbonyl (C=O) groups is 1. The van der Waals surface area contributed by atoms with E-state index in [-0.39, 0.29) is 5.91 Å². The molecule has 0 aliphatic rings. The molecule has 0 spiro atoms. The summed E-state index contributed by atoms with van der Waals surface area (Å²) in [4.78, 5) is 12.1. The van der Waals surface area contributed by atoms with Crippen molar-refractivity contribution in [1.82, 2.24) is 5.32 Å². The zero-order chi connectivity index (χ0) is 15.2. The molecule has 0 aliphatic carbocycles. The number of nitrogen functional groups attached to an aromatic ring is 1. The largest absolute Gasteiger partial charge is 0.490 e. The lowest BCUT2D eigenvalue weighted by Crippen LogP contribution is -2.28. The minimum absolute atomic E-state index is 0.120. The van der Waals surface area contributed by atoms with Gasteiger partial charge in [0.2, 0.25) is 0 Å². The van der Waals surface area contributed by atoms with Crippen LogP contribution in [0.5, 0.6) is 5.75 Å². The highest BCUT2D eigenvalue weighted by atomic mass is 127. The number of ether oxygens (including phenoxy) is 1. The zero-order valence-electron chi connectivity index (χ0n) is 11.1. The van der Waals surface area contributed by atoms with Crippen LogP contribution in [0, 0.1) is 3.57 Å². The topological polar surface area (TPSA) is 64.3 Å². The molecule has 110 valence electrons. The van der Waals surface area contributed by atoms with Crippen LogP contribution in [0.3, 0.4) is 0 Å². The summed E-state index contributed by atoms with van der Waals surface area (Å²) in [6.45, 7) is 0.778. The third kappa shape index (κ3) is 4.60. The lowest BCUT2D eigenvalue weighted by atomic mass is 10.2. The van der Waals surface area contributed by atoms with E-state index in [0.29, 0.717) is 30.2 Å². The fourth-order valence-electron chi connectivity index (χ4n) is 1.70. The van der Waals surface area contributed by atoms with Crippen molar-refractivity contribution >= 4 is 50.1 Å². The van der Waals surface area contributed by atoms with E-state index < -0.39 is 0 Å². The van der Waals surface area contributed by atoms with E-state index in [1.54, 1.807) is 18.2 Å². The predicted molar refractivity (Wildman–Crippen MR) is 95.5 cm³/mol. The van der Waals surface area contributed by atoms with Crippen molar-refractivity contribution in [3.63, 3.8) is 0 Å². The molecule has 6 heteroatoms. The number of hydrogen-bond donors (Lipinski definition) is 2. The third-order valence-corrected chi connectivity index (χ3v) is 4.17. The van der Waals surface area contributed by atoms with Crippen LogP contribution in [-0.4, -0.2) is 19.1 Å². The van der Waals surface area contributed by atoms with Gasteiger partial charge in [0.05, 0.1) is 17.8 Å². The molecule has 0 atom stereocenters. The van der Waals surface area contributed by atoms with E-state index in [4.69, 9.17) is 10.5 Å². The van der Waals surface area contributed by atoms with Crippen LogP contribution in [0.4, 0.5) is 5.69 Å². The van der Waals surface area contributed by atoms with Crippen molar-refractivity contribution in [2.24, 2.45) is 0 Å². The van der Waals surface area contributed by atoms with Gasteiger partial charge in [-0.05, 0) is 52.9 Å². The maximum absolute atomic E-state index is 12.1. The first kappa shape index (κ1) is 16.1. The van der Waals surface area contributed by atoms with Gasteiger partial charge in [0.1, 0.15) is 12.4 Å². The first-order valence-electron chi connectivity index (χ1n) is 6.28. The smallest absolute Gasteiger partial charge is 0.252 e. The molecule has 2 rings (SSSR count). The molecule has 0 aromatic heterocycles. The van der Waals surface area contributed by atoms with Gasteiger partial charge in [-0.25, -0.2) is 0 Å². The molecule has 4 nitrogen and oxygen atoms in total. The van der Waals surface area contributed by atoms with Crippen LogP contribution in [-0.2, 0) is 0 Å². The minimum Gasteiger partial charge on any atom is -0.490 e. The number of halogens is 2. The Bertz CT molecular complexity index is 649. The van der Waals surface area contributed by atoms with Gasteiger partial charge >= 0.3 is 0 Å². The van der Waals surface area contributed by atoms with Crippen LogP contribution in [0.1, 0.15) is 10.4 Å². The monoisotopic (exact) mass is 460 g/mol. The number of nitrogens with one attached hydrogen (secondary N) is 1. The molecule has 0 unspecified atom stereocenters. The summed E-state index contributed by atoms with van der Waals surface area (Å²) >= 11 is 5.50. The van der Waals surface area contributed by atoms with Gasteiger partial charge in [-0.3, -0.25) is 4.79 Å². The Hall–Kier alpha value is -1.28. The number of nitrogens with two attached hydrogens (primary N) is 1. The Morgan fingerprint density at radius 1 is 1.29 bits per heavy atom. The second kappa shape index (κ2) is 7.65. The fourth-order valence-corrected chi connectivity index (χ4v) is 2.65. The summed E-state index contributed by atoms with van der Waals surface area (Å²) in [5.74, 6) is 0.508. The number of benzene rings is 2. The second-order valence-electron chi connectivity index (χ2n) is 4.27. The van der Waals surface area contributed by atoms with Crippen LogP contribution >= 0.6 is 38.5 Å². The number of amides is 1. The summed E-state index contributed by atoms with van der Waals surface area (Å²) in [6.07, 6.45) is 0. The van der Waals surface area contributed by atoms with E-state index in [9.17, 15) is 4.79 Å². The molecule has 0 heterocycles. The molecule has 3 N–H and O–H groups in total. The Morgan fingerprint density at radius 3 is 2.81 bits per heavy atom. The normalized spacial score (nSPS) is 10.2. The number of anilines is 1. The van der Waals surface area contributed by atoms with Crippen molar-refractivity contribution in [1.29, 1.82) is 0 Å². The molecule has 2 aromatic carbocycles. The molecular formula is C15H14BrIN2O2. The van der Waals surface area contributed by atoms with Gasteiger partial charge in [0.25, 0.3) is 5.91 Å². The van der Waals surface area contributed by atoms with Gasteiger partial charge in [-0.2, -0.15) is 0 Å². The fraction of sp³-hybridized carbons (Fsp3) is 0.133. The Labute approximate surface area is 145 Å². The molecule has 0 radical (unpaired) electrons. The number of rotatable bonds is 5. The predicted octanol–water partition coefficient (Wildman–Crippen LogP) is 3.44. The molecule has 2 aromatic rings. The second-order valence-corrected chi connectivity index (χ2v) is 6.34. The van der Waals surface area contributed by atoms with Crippen molar-refractivity contribution < 1.29 is 9.53 Å². The molecule has 0 saturated carbocycles. The molecule has 1 amide bonds. The Morgan fingerprint density at radius 2 is 2.05 bits per heavy atom. The summed E-state index contributed by atoms with van der Waals surface area (Å²) < 4.78 is 7.31. The molecule has 0 aliphatic heterocycles. The highest BCUT2D eigenvalue weighted by molar-refractivity contribution is 14.1. The Kier molecular flexibility index (Phi) is 5.86. The van der Waals surface area contributed by atoms with Crippen molar-refractivity contribution in [3.05, 3.63) is 56.1 Å². The summed E-state index contributed by atoms with van der Waals surface area (Å²) in [6, 6.07) is 12.9. The van der Waals surface area contributed by atoms with Crippen LogP contribution in [0.25, 0.3) is 0 Å². The lowest BCUT2D eigenvalue weighted by molar-refractivity contribution is 0.0946. The van der Waals surface area contributed by atoms with Crippen molar-refractivity contribution in [3.8, 4) is 5.75 Å². The molecule has 21 heavy (non-hydrogen) atoms. The van der Waals surface area contributed by atoms with Gasteiger partial charge in [0, 0.05) is 8.04 Å². The molecule has 0 saturated heterocycles. The zero-order valence-corrected chi connectivity index (χ0v) is 14.8. The Balaban J connectivity index is 1.85. The van der Waals surface area contributed by atoms with Crippen LogP contribution in [0.15, 0.2) is 46.9 Å². The van der Waals surface area contributed by atoms with E-state index in [2.05, 4.69) is 43.8 Å². The highest BCUT2D eigenvalue weighted by Gasteiger charge is 2.10. The first-order valence-corrected chi connectivity index (χ1v) is 8.15. The SMILES string of the molecule is Nc1ccccc1OCCNC(=O)c1cc(Br)ccc1I. The summed E-state index contributed by atoms with van der Waals surface area (Å²) in [7, 11) is 0. The van der Waals surface area contributed by atoms with Crippen molar-refractivity contribution in [2.45, 2.75) is 0 Å². The van der Waals surface area contributed by atoms with Gasteiger partial charge < -0.3 is 15.8 Å². The third-order valence-electron chi connectivity index (χ3n) is 2.74. The van der Waals surface area contributed by atoms with E-state index >= 15 is 0 Å². The molecular weight excluding hydrogens is 447 g/mol.